The van der Waals surface area contributed by atoms with E-state index in [0.717, 1.165) is 0 Å². The smallest absolute Gasteiger partial charge is 0.302 e. The van der Waals surface area contributed by atoms with Gasteiger partial charge in [0.1, 0.15) is 36.6 Å². The van der Waals surface area contributed by atoms with Crippen LogP contribution in [0.2, 0.25) is 0 Å². The highest BCUT2D eigenvalue weighted by molar-refractivity contribution is 5.66. The molecule has 9 nitrogen and oxygen atoms in total. The first-order chi connectivity index (χ1) is 12.1. The zero-order valence-corrected chi connectivity index (χ0v) is 16.0. The van der Waals surface area contributed by atoms with Gasteiger partial charge < -0.3 is 39.4 Å². The van der Waals surface area contributed by atoms with E-state index in [4.69, 9.17) is 18.9 Å². The predicted octanol–water partition coefficient (Wildman–Crippen LogP) is -0.814. The van der Waals surface area contributed by atoms with Gasteiger partial charge >= 0.3 is 5.97 Å². The molecule has 0 aromatic heterocycles. The minimum absolute atomic E-state index is 0.271. The molecule has 7 unspecified atom stereocenters. The zero-order chi connectivity index (χ0) is 20.1. The van der Waals surface area contributed by atoms with Crippen molar-refractivity contribution >= 4 is 5.97 Å². The maximum absolute atomic E-state index is 11.5. The molecule has 0 spiro atoms. The van der Waals surface area contributed by atoms with Crippen LogP contribution in [0.25, 0.3) is 0 Å². The molecule has 0 aliphatic carbocycles. The van der Waals surface area contributed by atoms with Crippen LogP contribution < -0.4 is 0 Å². The van der Waals surface area contributed by atoms with E-state index in [1.54, 1.807) is 0 Å². The summed E-state index contributed by atoms with van der Waals surface area (Å²) in [6, 6.07) is 0. The fourth-order valence-electron chi connectivity index (χ4n) is 3.13. The summed E-state index contributed by atoms with van der Waals surface area (Å²) >= 11 is 0. The van der Waals surface area contributed by atoms with Crippen LogP contribution in [0.15, 0.2) is 0 Å². The quantitative estimate of drug-likeness (QED) is 0.379. The topological polar surface area (TPSA) is 135 Å². The van der Waals surface area contributed by atoms with Crippen molar-refractivity contribution in [2.75, 3.05) is 20.3 Å². The van der Waals surface area contributed by atoms with Gasteiger partial charge in [0.15, 0.2) is 6.29 Å². The lowest BCUT2D eigenvalue weighted by molar-refractivity contribution is -0.327. The van der Waals surface area contributed by atoms with Gasteiger partial charge in [-0.15, -0.1) is 0 Å². The summed E-state index contributed by atoms with van der Waals surface area (Å²) in [5, 5.41) is 39.4. The number of hydrogen-bond donors (Lipinski definition) is 4. The lowest BCUT2D eigenvalue weighted by Crippen LogP contribution is -2.61. The Bertz CT molecular complexity index is 440. The minimum Gasteiger partial charge on any atom is -0.460 e. The Morgan fingerprint density at radius 1 is 1.19 bits per heavy atom. The molecule has 1 rings (SSSR count). The largest absolute Gasteiger partial charge is 0.460 e. The van der Waals surface area contributed by atoms with E-state index in [1.165, 1.54) is 14.0 Å². The van der Waals surface area contributed by atoms with Crippen molar-refractivity contribution in [3.8, 4) is 0 Å². The van der Waals surface area contributed by atoms with Gasteiger partial charge in [0.25, 0.3) is 0 Å². The highest BCUT2D eigenvalue weighted by Crippen LogP contribution is 2.33. The molecule has 0 aromatic carbocycles. The number of carbonyl (C=O) groups is 1. The lowest BCUT2D eigenvalue weighted by atomic mass is 9.83. The highest BCUT2D eigenvalue weighted by Gasteiger charge is 2.48. The first kappa shape index (κ1) is 23.2. The Morgan fingerprint density at radius 2 is 1.81 bits per heavy atom. The number of carbonyl (C=O) groups excluding carboxylic acids is 1. The van der Waals surface area contributed by atoms with E-state index >= 15 is 0 Å². The van der Waals surface area contributed by atoms with E-state index in [1.807, 2.05) is 20.8 Å². The van der Waals surface area contributed by atoms with Crippen molar-refractivity contribution in [3.63, 3.8) is 0 Å². The molecule has 1 saturated heterocycles. The Kier molecular flexibility index (Phi) is 8.87. The van der Waals surface area contributed by atoms with Crippen molar-refractivity contribution in [2.45, 2.75) is 77.0 Å². The summed E-state index contributed by atoms with van der Waals surface area (Å²) in [6.07, 6.45) is -7.92. The van der Waals surface area contributed by atoms with E-state index in [9.17, 15) is 25.2 Å². The van der Waals surface area contributed by atoms with Crippen molar-refractivity contribution < 1.29 is 44.2 Å². The van der Waals surface area contributed by atoms with Crippen LogP contribution in [0, 0.1) is 5.41 Å². The normalized spacial score (nSPS) is 32.1. The number of aliphatic hydroxyl groups excluding tert-OH is 4. The van der Waals surface area contributed by atoms with Crippen LogP contribution in [0.5, 0.6) is 0 Å². The first-order valence-electron chi connectivity index (χ1n) is 8.71. The Labute approximate surface area is 153 Å². The van der Waals surface area contributed by atoms with Gasteiger partial charge in [-0.1, -0.05) is 20.8 Å². The van der Waals surface area contributed by atoms with Gasteiger partial charge in [-0.25, -0.2) is 0 Å². The molecule has 4 N–H and O–H groups in total. The molecule has 0 radical (unpaired) electrons. The van der Waals surface area contributed by atoms with Gasteiger partial charge in [-0.2, -0.15) is 0 Å². The van der Waals surface area contributed by atoms with Crippen LogP contribution in [0.4, 0.5) is 0 Å². The second-order valence-electron chi connectivity index (χ2n) is 7.23. The summed E-state index contributed by atoms with van der Waals surface area (Å²) in [4.78, 5) is 11.5. The molecule has 26 heavy (non-hydrogen) atoms. The SMILES string of the molecule is CCC(OC(C)=O)C(OC1OC(CO)C(O)C(O)C1O)C(C)(C)COC. The van der Waals surface area contributed by atoms with Gasteiger partial charge in [-0.05, 0) is 6.42 Å². The maximum Gasteiger partial charge on any atom is 0.302 e. The van der Waals surface area contributed by atoms with Crippen molar-refractivity contribution in [3.05, 3.63) is 0 Å². The second-order valence-corrected chi connectivity index (χ2v) is 7.23. The minimum atomic E-state index is -1.55. The van der Waals surface area contributed by atoms with E-state index < -0.39 is 60.9 Å². The molecule has 1 aliphatic rings. The molecule has 1 heterocycles. The van der Waals surface area contributed by atoms with Crippen LogP contribution in [0.3, 0.4) is 0 Å². The van der Waals surface area contributed by atoms with Crippen LogP contribution >= 0.6 is 0 Å². The predicted molar refractivity (Wildman–Crippen MR) is 90.1 cm³/mol. The highest BCUT2D eigenvalue weighted by atomic mass is 16.7. The number of rotatable bonds is 9. The average molecular weight is 380 g/mol. The zero-order valence-electron chi connectivity index (χ0n) is 16.0. The summed E-state index contributed by atoms with van der Waals surface area (Å²) in [5.41, 5.74) is -0.635. The average Bonchev–Trinajstić information content (AvgIpc) is 2.57. The number of esters is 1. The Morgan fingerprint density at radius 3 is 2.27 bits per heavy atom. The molecule has 0 aromatic rings. The Balaban J connectivity index is 3.08. The van der Waals surface area contributed by atoms with E-state index in [2.05, 4.69) is 0 Å². The molecular weight excluding hydrogens is 348 g/mol. The van der Waals surface area contributed by atoms with Crippen molar-refractivity contribution in [1.82, 2.24) is 0 Å². The third kappa shape index (κ3) is 5.59. The molecule has 154 valence electrons. The third-order valence-corrected chi connectivity index (χ3v) is 4.47. The second kappa shape index (κ2) is 9.93. The van der Waals surface area contributed by atoms with E-state index in [-0.39, 0.29) is 6.61 Å². The molecule has 7 atom stereocenters. The number of ether oxygens (including phenoxy) is 4. The molecule has 1 aliphatic heterocycles. The summed E-state index contributed by atoms with van der Waals surface area (Å²) < 4.78 is 21.9. The third-order valence-electron chi connectivity index (χ3n) is 4.47. The van der Waals surface area contributed by atoms with Crippen molar-refractivity contribution in [2.24, 2.45) is 5.41 Å². The first-order valence-corrected chi connectivity index (χ1v) is 8.71. The van der Waals surface area contributed by atoms with Gasteiger partial charge in [0.05, 0.1) is 13.2 Å². The number of hydrogen-bond acceptors (Lipinski definition) is 9. The molecule has 0 amide bonds. The van der Waals surface area contributed by atoms with Gasteiger partial charge in [0.2, 0.25) is 0 Å². The van der Waals surface area contributed by atoms with Gasteiger partial charge in [0, 0.05) is 19.4 Å². The van der Waals surface area contributed by atoms with E-state index in [0.29, 0.717) is 6.42 Å². The summed E-state index contributed by atoms with van der Waals surface area (Å²) in [7, 11) is 1.53. The van der Waals surface area contributed by atoms with Crippen LogP contribution in [0.1, 0.15) is 34.1 Å². The van der Waals surface area contributed by atoms with Crippen LogP contribution in [-0.4, -0.2) is 89.6 Å². The molecule has 9 heteroatoms. The fraction of sp³-hybridized carbons (Fsp3) is 0.941. The maximum atomic E-state index is 11.5. The van der Waals surface area contributed by atoms with Gasteiger partial charge in [-0.3, -0.25) is 4.79 Å². The number of methoxy groups -OCH3 is 1. The summed E-state index contributed by atoms with van der Waals surface area (Å²) in [5.74, 6) is -0.479. The molecule has 0 bridgehead atoms. The Hall–Kier alpha value is -0.810. The molecular formula is C17H32O9. The summed E-state index contributed by atoms with van der Waals surface area (Å²) in [6.45, 7) is 6.51. The fourth-order valence-corrected chi connectivity index (χ4v) is 3.13. The lowest BCUT2D eigenvalue weighted by Gasteiger charge is -2.45. The monoisotopic (exact) mass is 380 g/mol. The standard InChI is InChI=1S/C17H32O9/c1-6-10(24-9(2)19)15(17(3,4)8-23-5)26-16-14(22)13(21)12(20)11(7-18)25-16/h10-16,18,20-22H,6-8H2,1-5H3. The molecule has 0 saturated carbocycles. The number of aliphatic hydroxyl groups is 4. The molecule has 1 fully saturated rings. The van der Waals surface area contributed by atoms with Crippen LogP contribution in [-0.2, 0) is 23.7 Å². The van der Waals surface area contributed by atoms with Crippen molar-refractivity contribution in [1.29, 1.82) is 0 Å².